The van der Waals surface area contributed by atoms with E-state index in [9.17, 15) is 18.0 Å². The smallest absolute Gasteiger partial charge is 0.265 e. The molecule has 3 aliphatic rings. The minimum absolute atomic E-state index is 0.0373. The van der Waals surface area contributed by atoms with Gasteiger partial charge in [0.25, 0.3) is 5.91 Å². The highest BCUT2D eigenvalue weighted by molar-refractivity contribution is 7.89. The van der Waals surface area contributed by atoms with Crippen LogP contribution in [0.5, 0.6) is 5.75 Å². The number of anilines is 1. The molecule has 1 atom stereocenters. The molecule has 3 heterocycles. The van der Waals surface area contributed by atoms with E-state index in [1.54, 1.807) is 24.8 Å². The molecule has 0 unspecified atom stereocenters. The number of piperidine rings is 1. The van der Waals surface area contributed by atoms with Crippen molar-refractivity contribution in [2.24, 2.45) is 0 Å². The third-order valence-corrected chi connectivity index (χ3v) is 7.89. The lowest BCUT2D eigenvalue weighted by molar-refractivity contribution is -0.187. The summed E-state index contributed by atoms with van der Waals surface area (Å²) >= 11 is 0. The molecule has 0 aromatic heterocycles. The first-order valence-electron chi connectivity index (χ1n) is 10.3. The predicted octanol–water partition coefficient (Wildman–Crippen LogP) is 0.700. The number of likely N-dealkylation sites (N-methyl/N-ethyl adjacent to an activating group) is 1. The van der Waals surface area contributed by atoms with Crippen molar-refractivity contribution in [2.45, 2.75) is 43.5 Å². The Labute approximate surface area is 181 Å². The number of sulfonamides is 1. The summed E-state index contributed by atoms with van der Waals surface area (Å²) in [5, 5.41) is 2.70. The van der Waals surface area contributed by atoms with Crippen molar-refractivity contribution >= 4 is 27.5 Å². The van der Waals surface area contributed by atoms with Crippen LogP contribution in [0.25, 0.3) is 0 Å². The number of rotatable bonds is 4. The summed E-state index contributed by atoms with van der Waals surface area (Å²) in [5.74, 6) is -0.871. The first-order valence-corrected chi connectivity index (χ1v) is 11.7. The van der Waals surface area contributed by atoms with Crippen molar-refractivity contribution in [1.29, 1.82) is 0 Å². The molecule has 0 saturated carbocycles. The first kappa shape index (κ1) is 22.0. The number of likely N-dealkylation sites (tertiary alicyclic amines) is 1. The fourth-order valence-electron chi connectivity index (χ4n) is 4.05. The van der Waals surface area contributed by atoms with Crippen LogP contribution >= 0.6 is 0 Å². The Morgan fingerprint density at radius 3 is 2.55 bits per heavy atom. The van der Waals surface area contributed by atoms with E-state index in [-0.39, 0.29) is 29.0 Å². The third-order valence-electron chi connectivity index (χ3n) is 5.95. The van der Waals surface area contributed by atoms with E-state index in [0.717, 1.165) is 4.31 Å². The zero-order valence-electron chi connectivity index (χ0n) is 17.8. The maximum Gasteiger partial charge on any atom is 0.265 e. The molecule has 11 heteroatoms. The highest BCUT2D eigenvalue weighted by Gasteiger charge is 2.41. The summed E-state index contributed by atoms with van der Waals surface area (Å²) in [6.45, 7) is 4.97. The Morgan fingerprint density at radius 1 is 1.26 bits per heavy atom. The second-order valence-electron chi connectivity index (χ2n) is 8.11. The number of benzene rings is 1. The van der Waals surface area contributed by atoms with Crippen molar-refractivity contribution in [2.75, 3.05) is 45.2 Å². The van der Waals surface area contributed by atoms with Gasteiger partial charge < -0.3 is 24.4 Å². The number of hydrogen-bond acceptors (Lipinski definition) is 7. The molecule has 1 aromatic rings. The van der Waals surface area contributed by atoms with Gasteiger partial charge in [0.1, 0.15) is 5.75 Å². The van der Waals surface area contributed by atoms with Gasteiger partial charge in [-0.2, -0.15) is 4.31 Å². The molecule has 1 spiro atoms. The van der Waals surface area contributed by atoms with E-state index in [0.29, 0.717) is 50.4 Å². The second kappa shape index (κ2) is 8.05. The second-order valence-corrected chi connectivity index (χ2v) is 10.1. The number of hydrogen-bond donors (Lipinski definition) is 1. The number of aryl methyl sites for hydroxylation is 1. The van der Waals surface area contributed by atoms with Gasteiger partial charge in [-0.1, -0.05) is 0 Å². The van der Waals surface area contributed by atoms with Crippen LogP contribution < -0.4 is 10.1 Å². The third kappa shape index (κ3) is 4.14. The molecule has 2 fully saturated rings. The summed E-state index contributed by atoms with van der Waals surface area (Å²) in [6.07, 6.45) is 0.418. The van der Waals surface area contributed by atoms with Gasteiger partial charge in [0.05, 0.1) is 30.3 Å². The van der Waals surface area contributed by atoms with Crippen LogP contribution in [0.1, 0.15) is 25.3 Å². The Kier molecular flexibility index (Phi) is 5.71. The van der Waals surface area contributed by atoms with E-state index < -0.39 is 21.9 Å². The van der Waals surface area contributed by atoms with Gasteiger partial charge in [-0.05, 0) is 25.5 Å². The lowest BCUT2D eigenvalue weighted by atomic mass is 10.0. The van der Waals surface area contributed by atoms with Crippen LogP contribution in [0.2, 0.25) is 0 Å². The zero-order valence-corrected chi connectivity index (χ0v) is 18.7. The lowest BCUT2D eigenvalue weighted by Gasteiger charge is -2.38. The lowest BCUT2D eigenvalue weighted by Crippen LogP contribution is -2.50. The van der Waals surface area contributed by atoms with Crippen LogP contribution in [0.4, 0.5) is 5.69 Å². The molecule has 4 rings (SSSR count). The molecule has 0 aliphatic carbocycles. The number of nitrogens with zero attached hydrogens (tertiary/aromatic N) is 2. The monoisotopic (exact) mass is 453 g/mol. The normalized spacial score (nSPS) is 22.9. The van der Waals surface area contributed by atoms with Crippen molar-refractivity contribution in [3.8, 4) is 5.75 Å². The molecule has 170 valence electrons. The van der Waals surface area contributed by atoms with E-state index in [1.165, 1.54) is 13.1 Å². The fourth-order valence-corrected chi connectivity index (χ4v) is 5.38. The summed E-state index contributed by atoms with van der Waals surface area (Å²) in [7, 11) is -2.57. The molecule has 0 radical (unpaired) electrons. The number of nitrogens with one attached hydrogen (secondary N) is 1. The zero-order chi connectivity index (χ0) is 22.4. The van der Waals surface area contributed by atoms with E-state index in [1.807, 2.05) is 0 Å². The van der Waals surface area contributed by atoms with Gasteiger partial charge in [0, 0.05) is 39.0 Å². The van der Waals surface area contributed by atoms with E-state index >= 15 is 0 Å². The Morgan fingerprint density at radius 2 is 1.90 bits per heavy atom. The molecule has 2 amide bonds. The van der Waals surface area contributed by atoms with Gasteiger partial charge >= 0.3 is 0 Å². The fraction of sp³-hybridized carbons (Fsp3) is 0.600. The van der Waals surface area contributed by atoms with Gasteiger partial charge in [0.2, 0.25) is 15.9 Å². The van der Waals surface area contributed by atoms with Crippen molar-refractivity contribution in [3.05, 3.63) is 17.7 Å². The maximum absolute atomic E-state index is 13.2. The Balaban J connectivity index is 1.46. The van der Waals surface area contributed by atoms with Crippen molar-refractivity contribution in [1.82, 2.24) is 9.21 Å². The van der Waals surface area contributed by atoms with Crippen LogP contribution in [-0.2, 0) is 29.1 Å². The minimum atomic E-state index is -3.95. The maximum atomic E-state index is 13.2. The number of carbonyl (C=O) groups excluding carboxylic acids is 2. The molecular weight excluding hydrogens is 426 g/mol. The highest BCUT2D eigenvalue weighted by Crippen LogP contribution is 2.35. The van der Waals surface area contributed by atoms with Crippen molar-refractivity contribution < 1.29 is 32.2 Å². The largest absolute Gasteiger partial charge is 0.479 e. The molecule has 2 saturated heterocycles. The van der Waals surface area contributed by atoms with Crippen LogP contribution in [0.15, 0.2) is 17.0 Å². The van der Waals surface area contributed by atoms with Gasteiger partial charge in [-0.15, -0.1) is 0 Å². The SMILES string of the molecule is Cc1cc2c(cc1S(=O)(=O)N(C)CC(=O)N1CCC3(CC1)OCCO3)O[C@@H](C)C(=O)N2. The van der Waals surface area contributed by atoms with Gasteiger partial charge in [-0.3, -0.25) is 9.59 Å². The summed E-state index contributed by atoms with van der Waals surface area (Å²) in [5.41, 5.74) is 0.879. The number of amides is 2. The molecule has 31 heavy (non-hydrogen) atoms. The first-order chi connectivity index (χ1) is 14.6. The van der Waals surface area contributed by atoms with Crippen LogP contribution in [0, 0.1) is 6.92 Å². The molecule has 10 nitrogen and oxygen atoms in total. The number of ether oxygens (including phenoxy) is 3. The van der Waals surface area contributed by atoms with Crippen LogP contribution in [0.3, 0.4) is 0 Å². The van der Waals surface area contributed by atoms with E-state index in [4.69, 9.17) is 14.2 Å². The summed E-state index contributed by atoms with van der Waals surface area (Å²) in [4.78, 5) is 26.2. The standard InChI is InChI=1S/C20H27N3O7S/c1-13-10-15-16(30-14(2)19(25)21-15)11-17(13)31(26,27)22(3)12-18(24)23-6-4-20(5-7-23)28-8-9-29-20/h10-11,14H,4-9,12H2,1-3H3,(H,21,25)/t14-/m0/s1. The molecular formula is C20H27N3O7S. The average Bonchev–Trinajstić information content (AvgIpc) is 3.17. The molecule has 0 bridgehead atoms. The predicted molar refractivity (Wildman–Crippen MR) is 110 cm³/mol. The molecule has 1 aromatic carbocycles. The molecule has 3 aliphatic heterocycles. The molecule has 1 N–H and O–H groups in total. The van der Waals surface area contributed by atoms with Gasteiger partial charge in [-0.25, -0.2) is 8.42 Å². The Hall–Kier alpha value is -2.21. The quantitative estimate of drug-likeness (QED) is 0.714. The Bertz CT molecular complexity index is 994. The number of fused-ring (bicyclic) bond motifs is 1. The number of carbonyl (C=O) groups is 2. The minimum Gasteiger partial charge on any atom is -0.479 e. The summed E-state index contributed by atoms with van der Waals surface area (Å²) < 4.78 is 44.3. The van der Waals surface area contributed by atoms with E-state index in [2.05, 4.69) is 5.32 Å². The highest BCUT2D eigenvalue weighted by atomic mass is 32.2. The van der Waals surface area contributed by atoms with Crippen LogP contribution in [-0.4, -0.2) is 81.2 Å². The topological polar surface area (TPSA) is 114 Å². The average molecular weight is 454 g/mol. The van der Waals surface area contributed by atoms with Gasteiger partial charge in [0.15, 0.2) is 11.9 Å². The summed E-state index contributed by atoms with van der Waals surface area (Å²) in [6, 6.07) is 2.96. The van der Waals surface area contributed by atoms with Crippen molar-refractivity contribution in [3.63, 3.8) is 0 Å².